The van der Waals surface area contributed by atoms with E-state index >= 15 is 0 Å². The molecule has 3 rings (SSSR count). The number of aromatic nitrogens is 1. The molecule has 2 aromatic rings. The Bertz CT molecular complexity index is 815. The van der Waals surface area contributed by atoms with Gasteiger partial charge in [0.15, 0.2) is 0 Å². The summed E-state index contributed by atoms with van der Waals surface area (Å²) in [7, 11) is -3.35. The zero-order chi connectivity index (χ0) is 18.6. The number of sulfonamides is 1. The molecule has 1 N–H and O–H groups in total. The Hall–Kier alpha value is -1.63. The maximum atomic E-state index is 12.4. The van der Waals surface area contributed by atoms with Crippen LogP contribution in [0.3, 0.4) is 0 Å². The molecular weight excluding hydrogens is 372 g/mol. The minimum Gasteiger partial charge on any atom is -0.474 e. The Morgan fingerprint density at radius 3 is 2.42 bits per heavy atom. The number of benzene rings is 1. The van der Waals surface area contributed by atoms with Crippen LogP contribution in [0.2, 0.25) is 5.02 Å². The van der Waals surface area contributed by atoms with Crippen LogP contribution < -0.4 is 9.46 Å². The van der Waals surface area contributed by atoms with E-state index in [9.17, 15) is 8.42 Å². The van der Waals surface area contributed by atoms with Crippen LogP contribution in [0.1, 0.15) is 36.8 Å². The summed E-state index contributed by atoms with van der Waals surface area (Å²) < 4.78 is 33.5. The number of pyridine rings is 1. The molecule has 0 amide bonds. The average Bonchev–Trinajstić information content (AvgIpc) is 2.60. The fourth-order valence-electron chi connectivity index (χ4n) is 3.10. The van der Waals surface area contributed by atoms with Crippen molar-refractivity contribution < 1.29 is 13.2 Å². The average molecular weight is 395 g/mol. The van der Waals surface area contributed by atoms with Crippen LogP contribution >= 0.6 is 11.6 Å². The predicted molar refractivity (Wildman–Crippen MR) is 103 cm³/mol. The molecule has 7 heteroatoms. The molecule has 0 bridgehead atoms. The van der Waals surface area contributed by atoms with Crippen molar-refractivity contribution >= 4 is 21.6 Å². The molecule has 0 spiro atoms. The van der Waals surface area contributed by atoms with Crippen LogP contribution in [0.15, 0.2) is 42.6 Å². The van der Waals surface area contributed by atoms with Gasteiger partial charge < -0.3 is 4.74 Å². The van der Waals surface area contributed by atoms with Crippen molar-refractivity contribution in [2.75, 3.05) is 0 Å². The zero-order valence-corrected chi connectivity index (χ0v) is 16.3. The number of aryl methyl sites for hydroxylation is 1. The Kier molecular flexibility index (Phi) is 6.16. The van der Waals surface area contributed by atoms with E-state index in [0.29, 0.717) is 10.9 Å². The maximum absolute atomic E-state index is 12.4. The molecular formula is C19H23ClN2O3S. The molecule has 26 heavy (non-hydrogen) atoms. The third-order valence-corrected chi connectivity index (χ3v) is 6.11. The highest BCUT2D eigenvalue weighted by Crippen LogP contribution is 2.24. The van der Waals surface area contributed by atoms with Crippen LogP contribution in [0, 0.1) is 6.92 Å². The summed E-state index contributed by atoms with van der Waals surface area (Å²) in [4.78, 5) is 4.14. The van der Waals surface area contributed by atoms with Gasteiger partial charge in [-0.15, -0.1) is 0 Å². The van der Waals surface area contributed by atoms with Gasteiger partial charge in [0.1, 0.15) is 6.10 Å². The van der Waals surface area contributed by atoms with Crippen molar-refractivity contribution in [3.8, 4) is 5.88 Å². The van der Waals surface area contributed by atoms with E-state index in [1.54, 1.807) is 18.3 Å². The predicted octanol–water partition coefficient (Wildman–Crippen LogP) is 3.85. The molecule has 1 aliphatic carbocycles. The first-order valence-corrected chi connectivity index (χ1v) is 10.8. The molecule has 0 unspecified atom stereocenters. The van der Waals surface area contributed by atoms with Gasteiger partial charge in [-0.2, -0.15) is 0 Å². The van der Waals surface area contributed by atoms with Crippen molar-refractivity contribution in [1.82, 2.24) is 9.71 Å². The normalized spacial score (nSPS) is 20.7. The van der Waals surface area contributed by atoms with Gasteiger partial charge in [-0.25, -0.2) is 18.1 Å². The number of ether oxygens (including phenoxy) is 1. The lowest BCUT2D eigenvalue weighted by atomic mass is 9.94. The molecule has 1 aromatic carbocycles. The van der Waals surface area contributed by atoms with E-state index in [4.69, 9.17) is 16.3 Å². The second-order valence-electron chi connectivity index (χ2n) is 6.77. The summed E-state index contributed by atoms with van der Waals surface area (Å²) >= 11 is 5.82. The second kappa shape index (κ2) is 8.37. The number of nitrogens with one attached hydrogen (secondary N) is 1. The van der Waals surface area contributed by atoms with E-state index in [2.05, 4.69) is 9.71 Å². The van der Waals surface area contributed by atoms with Crippen molar-refractivity contribution in [2.45, 2.75) is 50.5 Å². The van der Waals surface area contributed by atoms with Crippen molar-refractivity contribution in [1.29, 1.82) is 0 Å². The number of halogens is 1. The lowest BCUT2D eigenvalue weighted by Gasteiger charge is -2.29. The number of hydrogen-bond donors (Lipinski definition) is 1. The fourth-order valence-corrected chi connectivity index (χ4v) is 4.67. The van der Waals surface area contributed by atoms with Crippen LogP contribution in [0.4, 0.5) is 0 Å². The van der Waals surface area contributed by atoms with Gasteiger partial charge in [0, 0.05) is 18.3 Å². The van der Waals surface area contributed by atoms with Gasteiger partial charge >= 0.3 is 0 Å². The highest BCUT2D eigenvalue weighted by molar-refractivity contribution is 7.88. The van der Waals surface area contributed by atoms with Crippen molar-refractivity contribution in [3.05, 3.63) is 58.7 Å². The minimum absolute atomic E-state index is 0.0123. The van der Waals surface area contributed by atoms with Gasteiger partial charge in [-0.3, -0.25) is 0 Å². The van der Waals surface area contributed by atoms with Gasteiger partial charge in [-0.1, -0.05) is 41.4 Å². The summed E-state index contributed by atoms with van der Waals surface area (Å²) in [6.07, 6.45) is 4.71. The van der Waals surface area contributed by atoms with E-state index in [-0.39, 0.29) is 17.9 Å². The summed E-state index contributed by atoms with van der Waals surface area (Å²) in [5.41, 5.74) is 1.92. The third kappa shape index (κ3) is 5.69. The number of hydrogen-bond acceptors (Lipinski definition) is 4. The van der Waals surface area contributed by atoms with E-state index in [0.717, 1.165) is 36.8 Å². The molecule has 0 saturated heterocycles. The van der Waals surface area contributed by atoms with Gasteiger partial charge in [-0.05, 0) is 44.2 Å². The summed E-state index contributed by atoms with van der Waals surface area (Å²) in [6, 6.07) is 11.0. The summed E-state index contributed by atoms with van der Waals surface area (Å²) in [5, 5.41) is 0.573. The topological polar surface area (TPSA) is 68.3 Å². The largest absolute Gasteiger partial charge is 0.474 e. The lowest BCUT2D eigenvalue weighted by molar-refractivity contribution is 0.138. The molecule has 0 atom stereocenters. The highest BCUT2D eigenvalue weighted by atomic mass is 35.5. The molecule has 1 aromatic heterocycles. The standard InChI is InChI=1S/C19H23ClN2O3S/c1-14-2-4-15(5-3-14)13-26(23,24)22-17-7-9-18(10-8-17)25-19-11-6-16(20)12-21-19/h2-6,11-12,17-18,22H,7-10,13H2,1H3. The Labute approximate surface area is 159 Å². The quantitative estimate of drug-likeness (QED) is 0.807. The van der Waals surface area contributed by atoms with Crippen LogP contribution in [0.5, 0.6) is 5.88 Å². The van der Waals surface area contributed by atoms with E-state index in [1.165, 1.54) is 0 Å². The molecule has 1 aliphatic rings. The smallest absolute Gasteiger partial charge is 0.216 e. The Morgan fingerprint density at radius 2 is 1.81 bits per heavy atom. The molecule has 140 valence electrons. The zero-order valence-electron chi connectivity index (χ0n) is 14.7. The highest BCUT2D eigenvalue weighted by Gasteiger charge is 2.26. The van der Waals surface area contributed by atoms with Crippen molar-refractivity contribution in [2.24, 2.45) is 0 Å². The maximum Gasteiger partial charge on any atom is 0.216 e. The van der Waals surface area contributed by atoms with Crippen LogP contribution in [-0.2, 0) is 15.8 Å². The first-order chi connectivity index (χ1) is 12.4. The first kappa shape index (κ1) is 19.1. The van der Waals surface area contributed by atoms with Crippen LogP contribution in [0.25, 0.3) is 0 Å². The first-order valence-electron chi connectivity index (χ1n) is 8.73. The Balaban J connectivity index is 1.48. The molecule has 5 nitrogen and oxygen atoms in total. The lowest BCUT2D eigenvalue weighted by Crippen LogP contribution is -2.40. The summed E-state index contributed by atoms with van der Waals surface area (Å²) in [5.74, 6) is 0.566. The van der Waals surface area contributed by atoms with Crippen LogP contribution in [-0.4, -0.2) is 25.5 Å². The third-order valence-electron chi connectivity index (χ3n) is 4.49. The van der Waals surface area contributed by atoms with E-state index < -0.39 is 10.0 Å². The molecule has 1 fully saturated rings. The number of nitrogens with zero attached hydrogens (tertiary/aromatic N) is 1. The molecule has 1 heterocycles. The monoisotopic (exact) mass is 394 g/mol. The summed E-state index contributed by atoms with van der Waals surface area (Å²) in [6.45, 7) is 1.98. The second-order valence-corrected chi connectivity index (χ2v) is 8.96. The van der Waals surface area contributed by atoms with Crippen molar-refractivity contribution in [3.63, 3.8) is 0 Å². The van der Waals surface area contributed by atoms with Gasteiger partial charge in [0.25, 0.3) is 0 Å². The van der Waals surface area contributed by atoms with Gasteiger partial charge in [0.05, 0.1) is 10.8 Å². The molecule has 1 saturated carbocycles. The van der Waals surface area contributed by atoms with Gasteiger partial charge in [0.2, 0.25) is 15.9 Å². The molecule has 0 radical (unpaired) electrons. The SMILES string of the molecule is Cc1ccc(CS(=O)(=O)NC2CCC(Oc3ccc(Cl)cn3)CC2)cc1. The minimum atomic E-state index is -3.35. The fraction of sp³-hybridized carbons (Fsp3) is 0.421. The Morgan fingerprint density at radius 1 is 1.12 bits per heavy atom. The number of rotatable bonds is 6. The van der Waals surface area contributed by atoms with E-state index in [1.807, 2.05) is 31.2 Å². The molecule has 0 aliphatic heterocycles.